The normalized spacial score (nSPS) is 21.0. The minimum atomic E-state index is 0. The molecule has 3 N–H and O–H groups in total. The Morgan fingerprint density at radius 2 is 2.35 bits per heavy atom. The van der Waals surface area contributed by atoms with E-state index in [1.54, 1.807) is 11.3 Å². The van der Waals surface area contributed by atoms with E-state index in [0.29, 0.717) is 13.2 Å². The Bertz CT molecular complexity index is 448. The Balaban J connectivity index is 0.00000264. The van der Waals surface area contributed by atoms with Gasteiger partial charge in [-0.1, -0.05) is 6.07 Å². The van der Waals surface area contributed by atoms with Gasteiger partial charge < -0.3 is 20.5 Å². The minimum Gasteiger partial charge on any atom is -0.396 e. The Morgan fingerprint density at radius 1 is 1.48 bits per heavy atom. The van der Waals surface area contributed by atoms with Crippen LogP contribution in [-0.4, -0.2) is 50.5 Å². The molecule has 0 radical (unpaired) electrons. The lowest BCUT2D eigenvalue weighted by Gasteiger charge is -2.24. The van der Waals surface area contributed by atoms with E-state index in [0.717, 1.165) is 44.9 Å². The highest BCUT2D eigenvalue weighted by atomic mass is 127. The average Bonchev–Trinajstić information content (AvgIpc) is 3.17. The molecule has 1 atom stereocenters. The van der Waals surface area contributed by atoms with Crippen molar-refractivity contribution in [2.75, 3.05) is 39.5 Å². The SMILES string of the molecule is CCNC(=NCC1(CCO)CCOC1)NCCc1cccs1.I. The molecule has 0 aromatic carbocycles. The summed E-state index contributed by atoms with van der Waals surface area (Å²) in [6.07, 6.45) is 2.74. The largest absolute Gasteiger partial charge is 0.396 e. The molecule has 1 aliphatic rings. The van der Waals surface area contributed by atoms with Gasteiger partial charge in [-0.2, -0.15) is 0 Å². The van der Waals surface area contributed by atoms with Gasteiger partial charge in [-0.05, 0) is 37.6 Å². The summed E-state index contributed by atoms with van der Waals surface area (Å²) in [4.78, 5) is 6.09. The lowest BCUT2D eigenvalue weighted by Crippen LogP contribution is -2.39. The topological polar surface area (TPSA) is 65.9 Å². The van der Waals surface area contributed by atoms with E-state index in [2.05, 4.69) is 35.1 Å². The number of thiophene rings is 1. The third-order valence-corrected chi connectivity index (χ3v) is 4.92. The molecule has 1 unspecified atom stereocenters. The molecule has 1 aromatic rings. The number of hydrogen-bond acceptors (Lipinski definition) is 4. The fourth-order valence-electron chi connectivity index (χ4n) is 2.64. The molecule has 1 fully saturated rings. The molecule has 132 valence electrons. The summed E-state index contributed by atoms with van der Waals surface area (Å²) < 4.78 is 5.52. The summed E-state index contributed by atoms with van der Waals surface area (Å²) >= 11 is 1.78. The predicted molar refractivity (Wildman–Crippen MR) is 107 cm³/mol. The fourth-order valence-corrected chi connectivity index (χ4v) is 3.34. The second-order valence-electron chi connectivity index (χ2n) is 5.73. The number of rotatable bonds is 8. The van der Waals surface area contributed by atoms with Crippen molar-refractivity contribution in [1.82, 2.24) is 10.6 Å². The van der Waals surface area contributed by atoms with Crippen molar-refractivity contribution in [3.63, 3.8) is 0 Å². The van der Waals surface area contributed by atoms with Gasteiger partial charge in [0.1, 0.15) is 0 Å². The van der Waals surface area contributed by atoms with Crippen molar-refractivity contribution >= 4 is 41.3 Å². The monoisotopic (exact) mass is 453 g/mol. The van der Waals surface area contributed by atoms with E-state index >= 15 is 0 Å². The standard InChI is InChI=1S/C16H27N3O2S.HI/c1-2-17-15(18-8-5-14-4-3-11-22-14)19-12-16(6-9-20)7-10-21-13-16;/h3-4,11,20H,2,5-10,12-13H2,1H3,(H2,17,18,19);1H. The van der Waals surface area contributed by atoms with E-state index in [-0.39, 0.29) is 36.0 Å². The van der Waals surface area contributed by atoms with Crippen LogP contribution < -0.4 is 10.6 Å². The van der Waals surface area contributed by atoms with Crippen molar-refractivity contribution in [3.8, 4) is 0 Å². The van der Waals surface area contributed by atoms with Gasteiger partial charge in [-0.15, -0.1) is 35.3 Å². The number of aliphatic imine (C=N–C) groups is 1. The van der Waals surface area contributed by atoms with E-state index < -0.39 is 0 Å². The predicted octanol–water partition coefficient (Wildman–Crippen LogP) is 2.25. The van der Waals surface area contributed by atoms with E-state index in [4.69, 9.17) is 9.73 Å². The molecule has 0 spiro atoms. The molecule has 0 bridgehead atoms. The van der Waals surface area contributed by atoms with Crippen LogP contribution in [0.25, 0.3) is 0 Å². The van der Waals surface area contributed by atoms with Crippen LogP contribution in [0.3, 0.4) is 0 Å². The molecule has 2 rings (SSSR count). The van der Waals surface area contributed by atoms with Gasteiger partial charge in [-0.25, -0.2) is 0 Å². The van der Waals surface area contributed by atoms with Crippen molar-refractivity contribution in [2.45, 2.75) is 26.2 Å². The maximum absolute atomic E-state index is 9.27. The molecule has 1 saturated heterocycles. The zero-order valence-electron chi connectivity index (χ0n) is 13.7. The first-order valence-corrected chi connectivity index (χ1v) is 8.89. The second-order valence-corrected chi connectivity index (χ2v) is 6.76. The molecule has 7 heteroatoms. The van der Waals surface area contributed by atoms with Gasteiger partial charge in [0.2, 0.25) is 0 Å². The fraction of sp³-hybridized carbons (Fsp3) is 0.688. The summed E-state index contributed by atoms with van der Waals surface area (Å²) in [7, 11) is 0. The molecular weight excluding hydrogens is 425 g/mol. The third-order valence-electron chi connectivity index (χ3n) is 3.99. The van der Waals surface area contributed by atoms with Crippen LogP contribution in [-0.2, 0) is 11.2 Å². The number of guanidine groups is 1. The van der Waals surface area contributed by atoms with Gasteiger partial charge >= 0.3 is 0 Å². The summed E-state index contributed by atoms with van der Waals surface area (Å²) in [5, 5.41) is 18.0. The van der Waals surface area contributed by atoms with Gasteiger partial charge in [0.05, 0.1) is 13.2 Å². The first-order chi connectivity index (χ1) is 10.8. The number of hydrogen-bond donors (Lipinski definition) is 3. The molecule has 2 heterocycles. The maximum Gasteiger partial charge on any atom is 0.191 e. The van der Waals surface area contributed by atoms with Crippen LogP contribution >= 0.6 is 35.3 Å². The summed E-state index contributed by atoms with van der Waals surface area (Å²) in [5.74, 6) is 0.850. The second kappa shape index (κ2) is 11.2. The minimum absolute atomic E-state index is 0. The van der Waals surface area contributed by atoms with E-state index in [1.807, 2.05) is 0 Å². The Morgan fingerprint density at radius 3 is 2.96 bits per heavy atom. The quantitative estimate of drug-likeness (QED) is 0.321. The number of halogens is 1. The maximum atomic E-state index is 9.27. The summed E-state index contributed by atoms with van der Waals surface area (Å²) in [6, 6.07) is 4.24. The van der Waals surface area contributed by atoms with E-state index in [1.165, 1.54) is 4.88 Å². The zero-order valence-corrected chi connectivity index (χ0v) is 16.9. The smallest absolute Gasteiger partial charge is 0.191 e. The number of nitrogens with zero attached hydrogens (tertiary/aromatic N) is 1. The van der Waals surface area contributed by atoms with Crippen LogP contribution in [0.2, 0.25) is 0 Å². The number of aliphatic hydroxyl groups excluding tert-OH is 1. The van der Waals surface area contributed by atoms with E-state index in [9.17, 15) is 5.11 Å². The van der Waals surface area contributed by atoms with Gasteiger partial charge in [0.25, 0.3) is 0 Å². The molecule has 0 amide bonds. The first kappa shape index (κ1) is 20.7. The first-order valence-electron chi connectivity index (χ1n) is 8.01. The highest BCUT2D eigenvalue weighted by Gasteiger charge is 2.34. The van der Waals surface area contributed by atoms with Gasteiger partial charge in [0, 0.05) is 36.6 Å². The zero-order chi connectivity index (χ0) is 15.7. The Labute approximate surface area is 159 Å². The van der Waals surface area contributed by atoms with Gasteiger partial charge in [0.15, 0.2) is 5.96 Å². The number of nitrogens with one attached hydrogen (secondary N) is 2. The average molecular weight is 453 g/mol. The lowest BCUT2D eigenvalue weighted by molar-refractivity contribution is 0.131. The molecule has 1 aliphatic heterocycles. The van der Waals surface area contributed by atoms with Crippen LogP contribution in [0.15, 0.2) is 22.5 Å². The summed E-state index contributed by atoms with van der Waals surface area (Å²) in [6.45, 7) is 6.15. The number of aliphatic hydroxyl groups is 1. The van der Waals surface area contributed by atoms with Crippen LogP contribution in [0.4, 0.5) is 0 Å². The molecule has 5 nitrogen and oxygen atoms in total. The molecule has 0 aliphatic carbocycles. The van der Waals surface area contributed by atoms with Gasteiger partial charge in [-0.3, -0.25) is 4.99 Å². The molecular formula is C16H28IN3O2S. The highest BCUT2D eigenvalue weighted by Crippen LogP contribution is 2.32. The number of ether oxygens (including phenoxy) is 1. The molecule has 1 aromatic heterocycles. The Kier molecular flexibility index (Phi) is 10.1. The van der Waals surface area contributed by atoms with Crippen LogP contribution in [0, 0.1) is 5.41 Å². The lowest BCUT2D eigenvalue weighted by atomic mass is 9.84. The van der Waals surface area contributed by atoms with Crippen LogP contribution in [0.5, 0.6) is 0 Å². The third kappa shape index (κ3) is 6.94. The van der Waals surface area contributed by atoms with Crippen molar-refractivity contribution < 1.29 is 9.84 Å². The highest BCUT2D eigenvalue weighted by molar-refractivity contribution is 14.0. The Hall–Kier alpha value is -0.380. The molecule has 23 heavy (non-hydrogen) atoms. The van der Waals surface area contributed by atoms with Crippen LogP contribution in [0.1, 0.15) is 24.6 Å². The molecule has 0 saturated carbocycles. The van der Waals surface area contributed by atoms with Crippen molar-refractivity contribution in [2.24, 2.45) is 10.4 Å². The summed E-state index contributed by atoms with van der Waals surface area (Å²) in [5.41, 5.74) is 0.00481. The van der Waals surface area contributed by atoms with Crippen molar-refractivity contribution in [3.05, 3.63) is 22.4 Å². The van der Waals surface area contributed by atoms with Crippen molar-refractivity contribution in [1.29, 1.82) is 0 Å².